The van der Waals surface area contributed by atoms with Crippen LogP contribution in [-0.2, 0) is 13.0 Å². The molecule has 1 heterocycles. The number of rotatable bonds is 4. The number of para-hydroxylation sites is 1. The van der Waals surface area contributed by atoms with Crippen molar-refractivity contribution in [1.29, 1.82) is 0 Å². The molecule has 3 aromatic rings. The second-order valence-corrected chi connectivity index (χ2v) is 4.85. The number of ether oxygens (including phenoxy) is 1. The van der Waals surface area contributed by atoms with Gasteiger partial charge in [0.25, 0.3) is 0 Å². The third-order valence-electron chi connectivity index (χ3n) is 3.67. The molecule has 0 aliphatic rings. The molecule has 20 heavy (non-hydrogen) atoms. The number of nitrogen functional groups attached to an aromatic ring is 1. The summed E-state index contributed by atoms with van der Waals surface area (Å²) in [4.78, 5) is 0. The van der Waals surface area contributed by atoms with Crippen molar-refractivity contribution in [2.45, 2.75) is 13.0 Å². The third-order valence-corrected chi connectivity index (χ3v) is 3.67. The van der Waals surface area contributed by atoms with Crippen LogP contribution in [0.3, 0.4) is 0 Å². The molecule has 0 saturated carbocycles. The first kappa shape index (κ1) is 12.6. The molecule has 0 spiro atoms. The number of hydrogen-bond donors (Lipinski definition) is 1. The van der Waals surface area contributed by atoms with Gasteiger partial charge in [-0.1, -0.05) is 24.3 Å². The number of methoxy groups -OCH3 is 1. The Morgan fingerprint density at radius 1 is 1.05 bits per heavy atom. The van der Waals surface area contributed by atoms with Crippen molar-refractivity contribution in [2.75, 3.05) is 12.8 Å². The van der Waals surface area contributed by atoms with E-state index in [1.54, 1.807) is 7.11 Å². The summed E-state index contributed by atoms with van der Waals surface area (Å²) in [7, 11) is 1.71. The molecule has 0 amide bonds. The fourth-order valence-electron chi connectivity index (χ4n) is 2.57. The van der Waals surface area contributed by atoms with Crippen molar-refractivity contribution < 1.29 is 4.74 Å². The van der Waals surface area contributed by atoms with Crippen LogP contribution in [0.1, 0.15) is 5.56 Å². The molecule has 2 N–H and O–H groups in total. The van der Waals surface area contributed by atoms with Gasteiger partial charge < -0.3 is 15.0 Å². The first-order chi connectivity index (χ1) is 9.79. The Morgan fingerprint density at radius 2 is 1.90 bits per heavy atom. The maximum absolute atomic E-state index is 5.99. The summed E-state index contributed by atoms with van der Waals surface area (Å²) in [6.45, 7) is 0.908. The minimum absolute atomic E-state index is 0.863. The van der Waals surface area contributed by atoms with Gasteiger partial charge in [-0.2, -0.15) is 0 Å². The molecule has 0 fully saturated rings. The number of fused-ring (bicyclic) bond motifs is 1. The molecule has 0 aliphatic carbocycles. The predicted molar refractivity (Wildman–Crippen MR) is 83.0 cm³/mol. The molecule has 3 rings (SSSR count). The number of nitrogens with zero attached hydrogens (tertiary/aromatic N) is 1. The van der Waals surface area contributed by atoms with E-state index in [0.29, 0.717) is 0 Å². The Kier molecular flexibility index (Phi) is 3.33. The highest BCUT2D eigenvalue weighted by Gasteiger charge is 2.06. The monoisotopic (exact) mass is 266 g/mol. The zero-order valence-electron chi connectivity index (χ0n) is 11.5. The van der Waals surface area contributed by atoms with Crippen molar-refractivity contribution in [3.05, 3.63) is 60.3 Å². The van der Waals surface area contributed by atoms with Crippen LogP contribution in [0.4, 0.5) is 5.69 Å². The third kappa shape index (κ3) is 2.23. The van der Waals surface area contributed by atoms with Crippen molar-refractivity contribution in [1.82, 2.24) is 4.57 Å². The minimum atomic E-state index is 0.863. The highest BCUT2D eigenvalue weighted by Crippen LogP contribution is 2.26. The Hall–Kier alpha value is -2.42. The standard InChI is InChI=1S/C17H18N2O/c1-20-17-8-4-7-16-14(17)10-12-19(16)11-9-13-5-2-3-6-15(13)18/h2-8,10,12H,9,11,18H2,1H3. The van der Waals surface area contributed by atoms with Crippen molar-refractivity contribution >= 4 is 16.6 Å². The Labute approximate surface area is 118 Å². The van der Waals surface area contributed by atoms with Crippen LogP contribution in [0.15, 0.2) is 54.7 Å². The molecule has 0 unspecified atom stereocenters. The Morgan fingerprint density at radius 3 is 2.70 bits per heavy atom. The highest BCUT2D eigenvalue weighted by atomic mass is 16.5. The predicted octanol–water partition coefficient (Wildman–Crippen LogP) is 3.47. The van der Waals surface area contributed by atoms with Gasteiger partial charge in [-0.25, -0.2) is 0 Å². The summed E-state index contributed by atoms with van der Waals surface area (Å²) in [6.07, 6.45) is 3.03. The lowest BCUT2D eigenvalue weighted by atomic mass is 10.1. The minimum Gasteiger partial charge on any atom is -0.496 e. The van der Waals surface area contributed by atoms with Crippen LogP contribution in [0.5, 0.6) is 5.75 Å². The molecule has 0 atom stereocenters. The molecular weight excluding hydrogens is 248 g/mol. The number of benzene rings is 2. The van der Waals surface area contributed by atoms with Gasteiger partial charge in [0.2, 0.25) is 0 Å². The molecule has 3 heteroatoms. The van der Waals surface area contributed by atoms with Gasteiger partial charge in [-0.3, -0.25) is 0 Å². The number of nitrogens with two attached hydrogens (primary N) is 1. The highest BCUT2D eigenvalue weighted by molar-refractivity contribution is 5.86. The van der Waals surface area contributed by atoms with Crippen molar-refractivity contribution in [2.24, 2.45) is 0 Å². The fraction of sp³-hybridized carbons (Fsp3) is 0.176. The van der Waals surface area contributed by atoms with Crippen molar-refractivity contribution in [3.63, 3.8) is 0 Å². The molecule has 1 aromatic heterocycles. The van der Waals surface area contributed by atoms with E-state index in [1.807, 2.05) is 30.3 Å². The number of hydrogen-bond acceptors (Lipinski definition) is 2. The summed E-state index contributed by atoms with van der Waals surface area (Å²) in [5.41, 5.74) is 9.24. The second-order valence-electron chi connectivity index (χ2n) is 4.85. The van der Waals surface area contributed by atoms with Crippen LogP contribution in [0, 0.1) is 0 Å². The lowest BCUT2D eigenvalue weighted by molar-refractivity contribution is 0.420. The second kappa shape index (κ2) is 5.29. The van der Waals surface area contributed by atoms with E-state index in [2.05, 4.69) is 29.0 Å². The summed E-state index contributed by atoms with van der Waals surface area (Å²) in [5.74, 6) is 0.917. The van der Waals surface area contributed by atoms with Gasteiger partial charge in [0.1, 0.15) is 5.75 Å². The SMILES string of the molecule is COc1cccc2c1ccn2CCc1ccccc1N. The quantitative estimate of drug-likeness (QED) is 0.734. The van der Waals surface area contributed by atoms with Crippen LogP contribution < -0.4 is 10.5 Å². The van der Waals surface area contributed by atoms with Crippen LogP contribution in [-0.4, -0.2) is 11.7 Å². The van der Waals surface area contributed by atoms with E-state index in [-0.39, 0.29) is 0 Å². The van der Waals surface area contributed by atoms with Crippen LogP contribution in [0.2, 0.25) is 0 Å². The summed E-state index contributed by atoms with van der Waals surface area (Å²) >= 11 is 0. The first-order valence-electron chi connectivity index (χ1n) is 6.75. The first-order valence-corrected chi connectivity index (χ1v) is 6.75. The normalized spacial score (nSPS) is 10.8. The van der Waals surface area contributed by atoms with E-state index < -0.39 is 0 Å². The Bertz CT molecular complexity index is 731. The molecule has 0 saturated heterocycles. The summed E-state index contributed by atoms with van der Waals surface area (Å²) in [6, 6.07) is 16.3. The van der Waals surface area contributed by atoms with Gasteiger partial charge in [0.15, 0.2) is 0 Å². The molecular formula is C17H18N2O. The summed E-state index contributed by atoms with van der Waals surface area (Å²) in [5, 5.41) is 1.15. The average molecular weight is 266 g/mol. The molecule has 102 valence electrons. The van der Waals surface area contributed by atoms with Crippen molar-refractivity contribution in [3.8, 4) is 5.75 Å². The maximum atomic E-state index is 5.99. The molecule has 2 aromatic carbocycles. The van der Waals surface area contributed by atoms with E-state index in [0.717, 1.165) is 29.8 Å². The molecule has 0 bridgehead atoms. The summed E-state index contributed by atoms with van der Waals surface area (Å²) < 4.78 is 7.63. The van der Waals surface area contributed by atoms with Gasteiger partial charge in [0, 0.05) is 23.8 Å². The molecule has 3 nitrogen and oxygen atoms in total. The molecule has 0 aliphatic heterocycles. The van der Waals surface area contributed by atoms with E-state index in [4.69, 9.17) is 10.5 Å². The molecule has 0 radical (unpaired) electrons. The zero-order valence-corrected chi connectivity index (χ0v) is 11.5. The average Bonchev–Trinajstić information content (AvgIpc) is 2.89. The largest absolute Gasteiger partial charge is 0.496 e. The van der Waals surface area contributed by atoms with Crippen LogP contribution >= 0.6 is 0 Å². The maximum Gasteiger partial charge on any atom is 0.128 e. The number of aryl methyl sites for hydroxylation is 2. The van der Waals surface area contributed by atoms with E-state index >= 15 is 0 Å². The zero-order chi connectivity index (χ0) is 13.9. The fourth-order valence-corrected chi connectivity index (χ4v) is 2.57. The smallest absolute Gasteiger partial charge is 0.128 e. The lowest BCUT2D eigenvalue weighted by Crippen LogP contribution is -2.02. The van der Waals surface area contributed by atoms with Gasteiger partial charge in [-0.15, -0.1) is 0 Å². The number of anilines is 1. The topological polar surface area (TPSA) is 40.2 Å². The number of aromatic nitrogens is 1. The van der Waals surface area contributed by atoms with E-state index in [9.17, 15) is 0 Å². The van der Waals surface area contributed by atoms with Gasteiger partial charge in [0.05, 0.1) is 12.6 Å². The van der Waals surface area contributed by atoms with E-state index in [1.165, 1.54) is 11.1 Å². The Balaban J connectivity index is 1.87. The van der Waals surface area contributed by atoms with Gasteiger partial charge in [-0.05, 0) is 36.2 Å². The lowest BCUT2D eigenvalue weighted by Gasteiger charge is -2.08. The van der Waals surface area contributed by atoms with Gasteiger partial charge >= 0.3 is 0 Å². The van der Waals surface area contributed by atoms with Crippen LogP contribution in [0.25, 0.3) is 10.9 Å².